The number of anilines is 1. The average molecular weight is 377 g/mol. The number of nitrogens with two attached hydrogens (primary N) is 1. The molecule has 1 unspecified atom stereocenters. The average Bonchev–Trinajstić information content (AvgIpc) is 2.68. The predicted octanol–water partition coefficient (Wildman–Crippen LogP) is 4.15. The molecule has 0 fully saturated rings. The maximum absolute atomic E-state index is 11.5. The Balaban J connectivity index is 1.77. The number of aromatic hydroxyl groups is 1. The molecular weight excluding hydrogens is 354 g/mol. The Morgan fingerprint density at radius 2 is 1.75 bits per heavy atom. The molecule has 1 atom stereocenters. The Labute approximate surface area is 164 Å². The van der Waals surface area contributed by atoms with E-state index in [1.807, 2.05) is 30.3 Å². The van der Waals surface area contributed by atoms with Gasteiger partial charge in [0, 0.05) is 11.3 Å². The van der Waals surface area contributed by atoms with Gasteiger partial charge in [0.2, 0.25) is 0 Å². The molecule has 0 radical (unpaired) electrons. The molecule has 3 rings (SSSR count). The van der Waals surface area contributed by atoms with Crippen LogP contribution in [0.25, 0.3) is 0 Å². The van der Waals surface area contributed by atoms with Crippen molar-refractivity contribution >= 4 is 11.5 Å². The molecule has 0 bridgehead atoms. The van der Waals surface area contributed by atoms with E-state index in [-0.39, 0.29) is 23.7 Å². The second-order valence-electron chi connectivity index (χ2n) is 6.75. The fourth-order valence-corrected chi connectivity index (χ4v) is 3.06. The number of aliphatic hydroxyl groups is 1. The molecule has 28 heavy (non-hydrogen) atoms. The lowest BCUT2D eigenvalue weighted by atomic mass is 9.99. The van der Waals surface area contributed by atoms with E-state index >= 15 is 0 Å². The third-order valence-electron chi connectivity index (χ3n) is 4.65. The summed E-state index contributed by atoms with van der Waals surface area (Å²) >= 11 is 0. The van der Waals surface area contributed by atoms with Gasteiger partial charge in [-0.3, -0.25) is 4.79 Å². The van der Waals surface area contributed by atoms with Crippen LogP contribution in [0.5, 0.6) is 11.5 Å². The highest BCUT2D eigenvalue weighted by Gasteiger charge is 2.14. The number of phenolic OH excluding ortho intramolecular Hbond substituents is 1. The van der Waals surface area contributed by atoms with E-state index in [4.69, 9.17) is 10.5 Å². The molecule has 0 spiro atoms. The van der Waals surface area contributed by atoms with Gasteiger partial charge < -0.3 is 20.7 Å². The number of Topliss-reactive ketones (excluding diaryl/α,β-unsaturated/α-hetero) is 1. The van der Waals surface area contributed by atoms with Crippen LogP contribution in [0.1, 0.15) is 45.6 Å². The lowest BCUT2D eigenvalue weighted by molar-refractivity contribution is 0.101. The quantitative estimate of drug-likeness (QED) is 0.443. The predicted molar refractivity (Wildman–Crippen MR) is 109 cm³/mol. The minimum absolute atomic E-state index is 0.0594. The van der Waals surface area contributed by atoms with E-state index in [2.05, 4.69) is 0 Å². The van der Waals surface area contributed by atoms with Gasteiger partial charge in [0.1, 0.15) is 24.2 Å². The van der Waals surface area contributed by atoms with E-state index in [0.717, 1.165) is 16.7 Å². The second-order valence-corrected chi connectivity index (χ2v) is 6.75. The molecule has 3 aromatic rings. The van der Waals surface area contributed by atoms with Crippen molar-refractivity contribution in [1.82, 2.24) is 0 Å². The zero-order valence-electron chi connectivity index (χ0n) is 15.8. The summed E-state index contributed by atoms with van der Waals surface area (Å²) in [6.45, 7) is 3.38. The van der Waals surface area contributed by atoms with Crippen molar-refractivity contribution in [2.24, 2.45) is 0 Å². The van der Waals surface area contributed by atoms with Crippen LogP contribution in [-0.4, -0.2) is 16.0 Å². The highest BCUT2D eigenvalue weighted by atomic mass is 16.5. The number of carbonyl (C=O) groups is 1. The minimum Gasteiger partial charge on any atom is -0.507 e. The summed E-state index contributed by atoms with van der Waals surface area (Å²) in [7, 11) is 0. The molecule has 3 aromatic carbocycles. The van der Waals surface area contributed by atoms with Crippen LogP contribution in [-0.2, 0) is 6.61 Å². The van der Waals surface area contributed by atoms with E-state index in [9.17, 15) is 15.0 Å². The van der Waals surface area contributed by atoms with Crippen LogP contribution in [0.3, 0.4) is 0 Å². The van der Waals surface area contributed by atoms with E-state index in [0.29, 0.717) is 17.0 Å². The van der Waals surface area contributed by atoms with Gasteiger partial charge in [-0.2, -0.15) is 0 Å². The van der Waals surface area contributed by atoms with Gasteiger partial charge in [0.05, 0.1) is 5.56 Å². The van der Waals surface area contributed by atoms with E-state index in [1.54, 1.807) is 37.3 Å². The number of ether oxygens (including phenoxy) is 1. The maximum Gasteiger partial charge on any atom is 0.163 e. The summed E-state index contributed by atoms with van der Waals surface area (Å²) in [6, 6.07) is 17.8. The van der Waals surface area contributed by atoms with Gasteiger partial charge in [-0.05, 0) is 60.9 Å². The van der Waals surface area contributed by atoms with Crippen molar-refractivity contribution in [2.75, 3.05) is 5.73 Å². The third-order valence-corrected chi connectivity index (χ3v) is 4.65. The molecule has 0 amide bonds. The number of phenols is 1. The van der Waals surface area contributed by atoms with E-state index in [1.165, 1.54) is 6.92 Å². The van der Waals surface area contributed by atoms with Crippen LogP contribution >= 0.6 is 0 Å². The monoisotopic (exact) mass is 377 g/mol. The van der Waals surface area contributed by atoms with Crippen LogP contribution in [0, 0.1) is 6.92 Å². The van der Waals surface area contributed by atoms with Crippen molar-refractivity contribution < 1.29 is 19.7 Å². The van der Waals surface area contributed by atoms with Gasteiger partial charge in [-0.1, -0.05) is 30.3 Å². The molecule has 0 aromatic heterocycles. The van der Waals surface area contributed by atoms with Crippen molar-refractivity contribution in [2.45, 2.75) is 26.6 Å². The number of nitrogen functional groups attached to an aromatic ring is 1. The number of ketones is 1. The van der Waals surface area contributed by atoms with Crippen molar-refractivity contribution in [3.05, 3.63) is 88.5 Å². The van der Waals surface area contributed by atoms with Crippen molar-refractivity contribution in [3.8, 4) is 11.5 Å². The molecule has 0 aliphatic carbocycles. The zero-order valence-corrected chi connectivity index (χ0v) is 15.8. The minimum atomic E-state index is -0.788. The van der Waals surface area contributed by atoms with E-state index < -0.39 is 6.10 Å². The van der Waals surface area contributed by atoms with Crippen molar-refractivity contribution in [3.63, 3.8) is 0 Å². The fraction of sp³-hybridized carbons (Fsp3) is 0.174. The Kier molecular flexibility index (Phi) is 5.66. The lowest BCUT2D eigenvalue weighted by Crippen LogP contribution is -2.03. The Hall–Kier alpha value is -3.31. The Morgan fingerprint density at radius 3 is 2.43 bits per heavy atom. The maximum atomic E-state index is 11.5. The highest BCUT2D eigenvalue weighted by molar-refractivity contribution is 5.97. The van der Waals surface area contributed by atoms with Gasteiger partial charge in [0.15, 0.2) is 5.78 Å². The number of aliphatic hydroxyl groups excluding tert-OH is 1. The zero-order chi connectivity index (χ0) is 20.3. The Morgan fingerprint density at radius 1 is 1.07 bits per heavy atom. The first-order valence-corrected chi connectivity index (χ1v) is 8.95. The molecule has 0 heterocycles. The van der Waals surface area contributed by atoms with Crippen LogP contribution < -0.4 is 10.5 Å². The molecular formula is C23H23NO4. The molecule has 0 aliphatic rings. The first kappa shape index (κ1) is 19.5. The van der Waals surface area contributed by atoms with Gasteiger partial charge in [0.25, 0.3) is 0 Å². The summed E-state index contributed by atoms with van der Waals surface area (Å²) in [5.74, 6) is 0.246. The molecule has 5 heteroatoms. The molecule has 4 N–H and O–H groups in total. The number of benzene rings is 3. The topological polar surface area (TPSA) is 92.8 Å². The summed E-state index contributed by atoms with van der Waals surface area (Å²) in [6.07, 6.45) is -0.788. The first-order valence-electron chi connectivity index (χ1n) is 8.95. The highest BCUT2D eigenvalue weighted by Crippen LogP contribution is 2.31. The molecule has 5 nitrogen and oxygen atoms in total. The van der Waals surface area contributed by atoms with Crippen LogP contribution in [0.2, 0.25) is 0 Å². The van der Waals surface area contributed by atoms with Crippen molar-refractivity contribution in [1.29, 1.82) is 0 Å². The molecule has 0 saturated heterocycles. The summed E-state index contributed by atoms with van der Waals surface area (Å²) in [5, 5.41) is 20.8. The fourth-order valence-electron chi connectivity index (χ4n) is 3.06. The van der Waals surface area contributed by atoms with Gasteiger partial charge in [-0.15, -0.1) is 0 Å². The van der Waals surface area contributed by atoms with Crippen LogP contribution in [0.4, 0.5) is 5.69 Å². The smallest absolute Gasteiger partial charge is 0.163 e. The lowest BCUT2D eigenvalue weighted by Gasteiger charge is -2.15. The summed E-state index contributed by atoms with van der Waals surface area (Å²) < 4.78 is 5.83. The standard InChI is InChI=1S/C23H23NO4/c1-14-21(10-9-20(15(2)25)22(14)26)28-13-16-5-3-6-17(11-16)23(27)18-7-4-8-19(24)12-18/h3-12,23,26-27H,13,24H2,1-2H3. The molecule has 0 saturated carbocycles. The van der Waals surface area contributed by atoms with Crippen LogP contribution in [0.15, 0.2) is 60.7 Å². The first-order chi connectivity index (χ1) is 13.4. The number of carbonyl (C=O) groups excluding carboxylic acids is 1. The number of hydrogen-bond acceptors (Lipinski definition) is 5. The van der Waals surface area contributed by atoms with Gasteiger partial charge >= 0.3 is 0 Å². The SMILES string of the molecule is CC(=O)c1ccc(OCc2cccc(C(O)c3cccc(N)c3)c2)c(C)c1O. The largest absolute Gasteiger partial charge is 0.507 e. The molecule has 0 aliphatic heterocycles. The van der Waals surface area contributed by atoms with Gasteiger partial charge in [-0.25, -0.2) is 0 Å². The number of rotatable bonds is 6. The Bertz CT molecular complexity index is 1010. The number of hydrogen-bond donors (Lipinski definition) is 3. The normalized spacial score (nSPS) is 11.8. The summed E-state index contributed by atoms with van der Waals surface area (Å²) in [4.78, 5) is 11.5. The molecule has 144 valence electrons. The second kappa shape index (κ2) is 8.15. The third kappa shape index (κ3) is 4.15. The summed E-state index contributed by atoms with van der Waals surface area (Å²) in [5.41, 5.74) is 9.52.